The van der Waals surface area contributed by atoms with E-state index < -0.39 is 12.1 Å². The number of aromatic carboxylic acids is 1. The summed E-state index contributed by atoms with van der Waals surface area (Å²) in [6.07, 6.45) is 0.00997. The molecule has 0 saturated carbocycles. The first-order valence-corrected chi connectivity index (χ1v) is 10.1. The maximum atomic E-state index is 12.3. The minimum atomic E-state index is -1.01. The highest BCUT2D eigenvalue weighted by molar-refractivity contribution is 5.88. The zero-order valence-electron chi connectivity index (χ0n) is 17.1. The van der Waals surface area contributed by atoms with E-state index in [9.17, 15) is 9.59 Å². The van der Waals surface area contributed by atoms with Gasteiger partial charge in [0.05, 0.1) is 12.7 Å². The van der Waals surface area contributed by atoms with Gasteiger partial charge in [0, 0.05) is 12.5 Å². The molecule has 3 aromatic carbocycles. The maximum absolute atomic E-state index is 12.3. The van der Waals surface area contributed by atoms with Crippen molar-refractivity contribution < 1.29 is 24.2 Å². The van der Waals surface area contributed by atoms with Crippen molar-refractivity contribution in [2.45, 2.75) is 12.3 Å². The Balaban J connectivity index is 1.34. The predicted molar refractivity (Wildman–Crippen MR) is 117 cm³/mol. The van der Waals surface area contributed by atoms with Crippen molar-refractivity contribution in [1.82, 2.24) is 5.32 Å². The molecule has 6 nitrogen and oxygen atoms in total. The molecule has 0 aromatic heterocycles. The van der Waals surface area contributed by atoms with Gasteiger partial charge in [0.2, 0.25) is 0 Å². The first-order chi connectivity index (χ1) is 15.1. The highest BCUT2D eigenvalue weighted by atomic mass is 16.5. The maximum Gasteiger partial charge on any atom is 0.407 e. The molecule has 1 aliphatic rings. The number of alkyl carbamates (subject to hydrolysis) is 1. The topological polar surface area (TPSA) is 84.9 Å². The van der Waals surface area contributed by atoms with Crippen LogP contribution in [-0.4, -0.2) is 37.4 Å². The molecule has 3 aromatic rings. The van der Waals surface area contributed by atoms with Gasteiger partial charge in [-0.05, 0) is 46.4 Å². The van der Waals surface area contributed by atoms with E-state index in [2.05, 4.69) is 29.6 Å². The van der Waals surface area contributed by atoms with Gasteiger partial charge in [-0.25, -0.2) is 9.59 Å². The summed E-state index contributed by atoms with van der Waals surface area (Å²) in [6.45, 7) is 0.607. The van der Waals surface area contributed by atoms with Crippen LogP contribution in [0.5, 0.6) is 5.75 Å². The van der Waals surface area contributed by atoms with Crippen LogP contribution < -0.4 is 10.1 Å². The molecular formula is C25H23NO5. The average molecular weight is 417 g/mol. The first kappa shape index (κ1) is 20.5. The van der Waals surface area contributed by atoms with Crippen LogP contribution in [0.1, 0.15) is 33.0 Å². The lowest BCUT2D eigenvalue weighted by Gasteiger charge is -2.15. The van der Waals surface area contributed by atoms with Crippen molar-refractivity contribution in [3.8, 4) is 16.9 Å². The standard InChI is InChI=1S/C25H23NO5/c1-30-23-14-17(24(27)28)11-10-16(23)12-13-26-25(29)31-15-22-20-8-4-2-6-18(20)19-7-3-5-9-21(19)22/h2-11,14,22H,12-13,15H2,1H3,(H,26,29)(H,27,28). The summed E-state index contributed by atoms with van der Waals surface area (Å²) in [5.41, 5.74) is 5.67. The molecule has 0 saturated heterocycles. The van der Waals surface area contributed by atoms with Gasteiger partial charge in [-0.1, -0.05) is 54.6 Å². The molecule has 0 heterocycles. The number of fused-ring (bicyclic) bond motifs is 3. The summed E-state index contributed by atoms with van der Waals surface area (Å²) in [4.78, 5) is 23.4. The third-order valence-electron chi connectivity index (χ3n) is 5.54. The fourth-order valence-electron chi connectivity index (χ4n) is 4.03. The molecular weight excluding hydrogens is 394 g/mol. The Bertz CT molecular complexity index is 1080. The van der Waals surface area contributed by atoms with Gasteiger partial charge in [0.25, 0.3) is 0 Å². The molecule has 0 atom stereocenters. The van der Waals surface area contributed by atoms with Gasteiger partial charge >= 0.3 is 12.1 Å². The Morgan fingerprint density at radius 2 is 1.61 bits per heavy atom. The number of benzene rings is 3. The van der Waals surface area contributed by atoms with Crippen LogP contribution >= 0.6 is 0 Å². The fourth-order valence-corrected chi connectivity index (χ4v) is 4.03. The Kier molecular flexibility index (Phi) is 5.89. The Labute approximate surface area is 180 Å². The van der Waals surface area contributed by atoms with Crippen LogP contribution in [0.25, 0.3) is 11.1 Å². The molecule has 0 fully saturated rings. The number of carboxylic acid groups (broad SMARTS) is 1. The molecule has 158 valence electrons. The zero-order valence-corrected chi connectivity index (χ0v) is 17.1. The van der Waals surface area contributed by atoms with Crippen molar-refractivity contribution in [3.63, 3.8) is 0 Å². The number of nitrogens with one attached hydrogen (secondary N) is 1. The van der Waals surface area contributed by atoms with Gasteiger partial charge in [0.15, 0.2) is 0 Å². The van der Waals surface area contributed by atoms with Crippen molar-refractivity contribution in [3.05, 3.63) is 89.0 Å². The number of hydrogen-bond acceptors (Lipinski definition) is 4. The van der Waals surface area contributed by atoms with Gasteiger partial charge < -0.3 is 19.9 Å². The molecule has 1 amide bonds. The van der Waals surface area contributed by atoms with Gasteiger partial charge in [-0.15, -0.1) is 0 Å². The zero-order chi connectivity index (χ0) is 21.8. The number of amides is 1. The minimum Gasteiger partial charge on any atom is -0.496 e. The van der Waals surface area contributed by atoms with E-state index in [1.54, 1.807) is 6.07 Å². The summed E-state index contributed by atoms with van der Waals surface area (Å²) < 4.78 is 10.8. The largest absolute Gasteiger partial charge is 0.496 e. The molecule has 4 rings (SSSR count). The fraction of sp³-hybridized carbons (Fsp3) is 0.200. The lowest BCUT2D eigenvalue weighted by Crippen LogP contribution is -2.28. The number of carbonyl (C=O) groups excluding carboxylic acids is 1. The van der Waals surface area contributed by atoms with E-state index >= 15 is 0 Å². The Morgan fingerprint density at radius 3 is 2.23 bits per heavy atom. The quantitative estimate of drug-likeness (QED) is 0.592. The Morgan fingerprint density at radius 1 is 0.968 bits per heavy atom. The van der Waals surface area contributed by atoms with Crippen molar-refractivity contribution in [1.29, 1.82) is 0 Å². The van der Waals surface area contributed by atoms with Crippen LogP contribution in [0.15, 0.2) is 66.7 Å². The SMILES string of the molecule is COc1cc(C(=O)O)ccc1CCNC(=O)OCC1c2ccccc2-c2ccccc21. The molecule has 0 unspecified atom stereocenters. The van der Waals surface area contributed by atoms with E-state index in [4.69, 9.17) is 14.6 Å². The second-order valence-corrected chi connectivity index (χ2v) is 7.33. The molecule has 2 N–H and O–H groups in total. The molecule has 1 aliphatic carbocycles. The van der Waals surface area contributed by atoms with Gasteiger partial charge in [-0.3, -0.25) is 0 Å². The highest BCUT2D eigenvalue weighted by Crippen LogP contribution is 2.44. The molecule has 0 aliphatic heterocycles. The number of hydrogen-bond donors (Lipinski definition) is 2. The molecule has 0 spiro atoms. The number of carbonyl (C=O) groups is 2. The molecule has 6 heteroatoms. The van der Waals surface area contributed by atoms with E-state index in [1.165, 1.54) is 41.5 Å². The van der Waals surface area contributed by atoms with Crippen molar-refractivity contribution in [2.75, 3.05) is 20.3 Å². The van der Waals surface area contributed by atoms with E-state index in [1.807, 2.05) is 24.3 Å². The third-order valence-corrected chi connectivity index (χ3v) is 5.54. The third kappa shape index (κ3) is 4.23. The van der Waals surface area contributed by atoms with Crippen molar-refractivity contribution >= 4 is 12.1 Å². The van der Waals surface area contributed by atoms with Crippen LogP contribution in [0, 0.1) is 0 Å². The monoisotopic (exact) mass is 417 g/mol. The normalized spacial score (nSPS) is 12.0. The summed E-state index contributed by atoms with van der Waals surface area (Å²) >= 11 is 0. The Hall–Kier alpha value is -3.80. The summed E-state index contributed by atoms with van der Waals surface area (Å²) in [5, 5.41) is 11.8. The van der Waals surface area contributed by atoms with Crippen LogP contribution in [-0.2, 0) is 11.2 Å². The van der Waals surface area contributed by atoms with Crippen molar-refractivity contribution in [2.24, 2.45) is 0 Å². The summed E-state index contributed by atoms with van der Waals surface area (Å²) in [6, 6.07) is 21.1. The van der Waals surface area contributed by atoms with E-state index in [-0.39, 0.29) is 18.1 Å². The van der Waals surface area contributed by atoms with Gasteiger partial charge in [0.1, 0.15) is 12.4 Å². The van der Waals surface area contributed by atoms with E-state index in [0.29, 0.717) is 18.7 Å². The lowest BCUT2D eigenvalue weighted by atomic mass is 9.98. The molecule has 0 bridgehead atoms. The highest BCUT2D eigenvalue weighted by Gasteiger charge is 2.28. The van der Waals surface area contributed by atoms with Crippen LogP contribution in [0.2, 0.25) is 0 Å². The van der Waals surface area contributed by atoms with Crippen LogP contribution in [0.3, 0.4) is 0 Å². The second-order valence-electron chi connectivity index (χ2n) is 7.33. The molecule has 0 radical (unpaired) electrons. The summed E-state index contributed by atoms with van der Waals surface area (Å²) in [5.74, 6) is -0.516. The average Bonchev–Trinajstić information content (AvgIpc) is 3.11. The predicted octanol–water partition coefficient (Wildman–Crippen LogP) is 4.47. The van der Waals surface area contributed by atoms with Gasteiger partial charge in [-0.2, -0.15) is 0 Å². The lowest BCUT2D eigenvalue weighted by molar-refractivity contribution is 0.0696. The number of rotatable bonds is 7. The number of ether oxygens (including phenoxy) is 2. The van der Waals surface area contributed by atoms with Crippen LogP contribution in [0.4, 0.5) is 4.79 Å². The summed E-state index contributed by atoms with van der Waals surface area (Å²) in [7, 11) is 1.49. The smallest absolute Gasteiger partial charge is 0.407 e. The first-order valence-electron chi connectivity index (χ1n) is 10.1. The molecule has 31 heavy (non-hydrogen) atoms. The number of carboxylic acids is 1. The second kappa shape index (κ2) is 8.92. The van der Waals surface area contributed by atoms with E-state index in [0.717, 1.165) is 5.56 Å². The number of methoxy groups -OCH3 is 1. The minimum absolute atomic E-state index is 0.0156.